The summed E-state index contributed by atoms with van der Waals surface area (Å²) in [5, 5.41) is 13.4. The van der Waals surface area contributed by atoms with E-state index in [4.69, 9.17) is 9.84 Å². The third-order valence-electron chi connectivity index (χ3n) is 2.82. The fraction of sp³-hybridized carbons (Fsp3) is 0.231. The molecule has 5 nitrogen and oxygen atoms in total. The molecule has 0 aliphatic rings. The molecule has 94 valence electrons. The number of benzene rings is 1. The maximum atomic E-state index is 11.2. The molecule has 0 radical (unpaired) electrons. The summed E-state index contributed by atoms with van der Waals surface area (Å²) in [6.07, 6.45) is 0. The van der Waals surface area contributed by atoms with Gasteiger partial charge in [0, 0.05) is 0 Å². The highest BCUT2D eigenvalue weighted by molar-refractivity contribution is 5.90. The predicted molar refractivity (Wildman–Crippen MR) is 66.5 cm³/mol. The molecular weight excluding hydrogens is 232 g/mol. The van der Waals surface area contributed by atoms with E-state index >= 15 is 0 Å². The Kier molecular flexibility index (Phi) is 3.06. The molecule has 1 N–H and O–H groups in total. The van der Waals surface area contributed by atoms with Gasteiger partial charge in [-0.05, 0) is 26.0 Å². The van der Waals surface area contributed by atoms with Crippen molar-refractivity contribution in [1.82, 2.24) is 9.78 Å². The Morgan fingerprint density at radius 1 is 1.33 bits per heavy atom. The number of carbonyl (C=O) groups is 1. The van der Waals surface area contributed by atoms with Crippen molar-refractivity contribution in [3.63, 3.8) is 0 Å². The minimum Gasteiger partial charge on any atom is -0.494 e. The molecule has 0 aliphatic carbocycles. The van der Waals surface area contributed by atoms with Gasteiger partial charge in [-0.2, -0.15) is 5.10 Å². The Morgan fingerprint density at radius 3 is 2.56 bits per heavy atom. The van der Waals surface area contributed by atoms with Crippen LogP contribution in [0.1, 0.15) is 21.7 Å². The van der Waals surface area contributed by atoms with Gasteiger partial charge >= 0.3 is 5.97 Å². The number of carboxylic acid groups (broad SMARTS) is 1. The molecule has 0 saturated carbocycles. The van der Waals surface area contributed by atoms with Crippen molar-refractivity contribution in [2.75, 3.05) is 7.11 Å². The lowest BCUT2D eigenvalue weighted by Crippen LogP contribution is -2.04. The van der Waals surface area contributed by atoms with E-state index in [0.29, 0.717) is 17.1 Å². The number of aromatic nitrogens is 2. The maximum Gasteiger partial charge on any atom is 0.339 e. The van der Waals surface area contributed by atoms with Crippen LogP contribution in [0.4, 0.5) is 0 Å². The summed E-state index contributed by atoms with van der Waals surface area (Å²) < 4.78 is 6.85. The highest BCUT2D eigenvalue weighted by atomic mass is 16.5. The number of hydrogen-bond donors (Lipinski definition) is 1. The van der Waals surface area contributed by atoms with Gasteiger partial charge in [-0.15, -0.1) is 0 Å². The van der Waals surface area contributed by atoms with Crippen LogP contribution in [-0.2, 0) is 0 Å². The normalized spacial score (nSPS) is 10.4. The Bertz CT molecular complexity index is 602. The Morgan fingerprint density at radius 2 is 2.00 bits per heavy atom. The minimum atomic E-state index is -0.967. The van der Waals surface area contributed by atoms with E-state index in [1.165, 1.54) is 0 Å². The van der Waals surface area contributed by atoms with Crippen molar-refractivity contribution in [3.8, 4) is 11.4 Å². The van der Waals surface area contributed by atoms with Crippen LogP contribution < -0.4 is 4.74 Å². The van der Waals surface area contributed by atoms with Gasteiger partial charge in [0.15, 0.2) is 0 Å². The fourth-order valence-corrected chi connectivity index (χ4v) is 1.99. The van der Waals surface area contributed by atoms with E-state index in [1.54, 1.807) is 25.6 Å². The van der Waals surface area contributed by atoms with Crippen LogP contribution in [0, 0.1) is 13.8 Å². The summed E-state index contributed by atoms with van der Waals surface area (Å²) in [4.78, 5) is 11.2. The van der Waals surface area contributed by atoms with E-state index in [9.17, 15) is 4.79 Å². The zero-order chi connectivity index (χ0) is 13.3. The lowest BCUT2D eigenvalue weighted by Gasteiger charge is -2.09. The first-order valence-electron chi connectivity index (χ1n) is 5.49. The molecule has 0 saturated heterocycles. The van der Waals surface area contributed by atoms with E-state index in [-0.39, 0.29) is 5.56 Å². The third kappa shape index (κ3) is 1.84. The Labute approximate surface area is 105 Å². The smallest absolute Gasteiger partial charge is 0.339 e. The third-order valence-corrected chi connectivity index (χ3v) is 2.82. The number of hydrogen-bond acceptors (Lipinski definition) is 3. The molecule has 1 aromatic carbocycles. The van der Waals surface area contributed by atoms with Gasteiger partial charge in [0.05, 0.1) is 18.5 Å². The topological polar surface area (TPSA) is 64.4 Å². The first-order chi connectivity index (χ1) is 8.56. The second kappa shape index (κ2) is 4.52. The molecule has 1 aromatic heterocycles. The van der Waals surface area contributed by atoms with E-state index < -0.39 is 5.97 Å². The van der Waals surface area contributed by atoms with Crippen molar-refractivity contribution < 1.29 is 14.6 Å². The summed E-state index contributed by atoms with van der Waals surface area (Å²) in [5.41, 5.74) is 2.05. The maximum absolute atomic E-state index is 11.2. The van der Waals surface area contributed by atoms with Crippen molar-refractivity contribution in [2.45, 2.75) is 13.8 Å². The minimum absolute atomic E-state index is 0.237. The van der Waals surface area contributed by atoms with Crippen LogP contribution in [0.5, 0.6) is 5.75 Å². The van der Waals surface area contributed by atoms with E-state index in [0.717, 1.165) is 5.69 Å². The lowest BCUT2D eigenvalue weighted by molar-refractivity contribution is 0.0695. The average molecular weight is 246 g/mol. The van der Waals surface area contributed by atoms with Crippen LogP contribution in [0.3, 0.4) is 0 Å². The van der Waals surface area contributed by atoms with Gasteiger partial charge in [0.1, 0.15) is 17.0 Å². The van der Waals surface area contributed by atoms with Crippen LogP contribution in [0.25, 0.3) is 5.69 Å². The van der Waals surface area contributed by atoms with Gasteiger partial charge in [0.25, 0.3) is 0 Å². The van der Waals surface area contributed by atoms with Crippen LogP contribution in [0.15, 0.2) is 24.3 Å². The molecule has 5 heteroatoms. The molecule has 0 amide bonds. The standard InChI is InChI=1S/C13H14N2O3/c1-8-12(13(16)17)9(2)15(14-8)10-6-4-5-7-11(10)18-3/h4-7H,1-3H3,(H,16,17). The summed E-state index contributed by atoms with van der Waals surface area (Å²) in [6, 6.07) is 7.36. The van der Waals surface area contributed by atoms with Crippen molar-refractivity contribution in [3.05, 3.63) is 41.2 Å². The van der Waals surface area contributed by atoms with Crippen molar-refractivity contribution in [2.24, 2.45) is 0 Å². The van der Waals surface area contributed by atoms with Crippen LogP contribution in [0.2, 0.25) is 0 Å². The van der Waals surface area contributed by atoms with Gasteiger partial charge in [0.2, 0.25) is 0 Å². The number of rotatable bonds is 3. The molecule has 18 heavy (non-hydrogen) atoms. The highest BCUT2D eigenvalue weighted by Gasteiger charge is 2.19. The monoisotopic (exact) mass is 246 g/mol. The Hall–Kier alpha value is -2.30. The van der Waals surface area contributed by atoms with Crippen LogP contribution in [-0.4, -0.2) is 28.0 Å². The largest absolute Gasteiger partial charge is 0.494 e. The highest BCUT2D eigenvalue weighted by Crippen LogP contribution is 2.25. The molecule has 1 heterocycles. The predicted octanol–water partition coefficient (Wildman–Crippen LogP) is 2.20. The number of methoxy groups -OCH3 is 1. The summed E-state index contributed by atoms with van der Waals surface area (Å²) in [5.74, 6) is -0.314. The number of aromatic carboxylic acids is 1. The van der Waals surface area contributed by atoms with Crippen molar-refractivity contribution >= 4 is 5.97 Å². The second-order valence-corrected chi connectivity index (χ2v) is 3.93. The number of para-hydroxylation sites is 2. The van der Waals surface area contributed by atoms with Gasteiger partial charge < -0.3 is 9.84 Å². The molecule has 2 rings (SSSR count). The first-order valence-corrected chi connectivity index (χ1v) is 5.49. The average Bonchev–Trinajstić information content (AvgIpc) is 2.64. The molecule has 0 fully saturated rings. The summed E-state index contributed by atoms with van der Waals surface area (Å²) >= 11 is 0. The zero-order valence-electron chi connectivity index (χ0n) is 10.5. The van der Waals surface area contributed by atoms with Crippen LogP contribution >= 0.6 is 0 Å². The summed E-state index contributed by atoms with van der Waals surface area (Å²) in [7, 11) is 1.57. The molecule has 0 atom stereocenters. The summed E-state index contributed by atoms with van der Waals surface area (Å²) in [6.45, 7) is 3.41. The molecular formula is C13H14N2O3. The SMILES string of the molecule is COc1ccccc1-n1nc(C)c(C(=O)O)c1C. The molecule has 0 spiro atoms. The van der Waals surface area contributed by atoms with Crippen molar-refractivity contribution in [1.29, 1.82) is 0 Å². The lowest BCUT2D eigenvalue weighted by atomic mass is 10.2. The fourth-order valence-electron chi connectivity index (χ4n) is 1.99. The number of carboxylic acids is 1. The number of aryl methyl sites for hydroxylation is 1. The quantitative estimate of drug-likeness (QED) is 0.901. The zero-order valence-corrected chi connectivity index (χ0v) is 10.5. The van der Waals surface area contributed by atoms with Gasteiger partial charge in [-0.25, -0.2) is 9.48 Å². The van der Waals surface area contributed by atoms with E-state index in [2.05, 4.69) is 5.10 Å². The van der Waals surface area contributed by atoms with E-state index in [1.807, 2.05) is 24.3 Å². The number of nitrogens with zero attached hydrogens (tertiary/aromatic N) is 2. The molecule has 0 bridgehead atoms. The molecule has 2 aromatic rings. The van der Waals surface area contributed by atoms with Gasteiger partial charge in [-0.3, -0.25) is 0 Å². The number of ether oxygens (including phenoxy) is 1. The van der Waals surface area contributed by atoms with Gasteiger partial charge in [-0.1, -0.05) is 12.1 Å². The second-order valence-electron chi connectivity index (χ2n) is 3.93. The molecule has 0 aliphatic heterocycles. The molecule has 0 unspecified atom stereocenters. The first kappa shape index (κ1) is 12.2. The Balaban J connectivity index is 2.65.